The van der Waals surface area contributed by atoms with E-state index in [1.807, 2.05) is 20.8 Å². The second kappa shape index (κ2) is 4.82. The molecule has 0 aromatic heterocycles. The number of esters is 1. The summed E-state index contributed by atoms with van der Waals surface area (Å²) < 4.78 is 5.26. The van der Waals surface area contributed by atoms with E-state index >= 15 is 0 Å². The third-order valence-corrected chi connectivity index (χ3v) is 2.37. The van der Waals surface area contributed by atoms with Crippen molar-refractivity contribution in [1.29, 1.82) is 0 Å². The second-order valence-electron chi connectivity index (χ2n) is 5.15. The summed E-state index contributed by atoms with van der Waals surface area (Å²) in [5, 5.41) is 8.63. The van der Waals surface area contributed by atoms with Gasteiger partial charge in [-0.05, 0) is 33.7 Å². The Morgan fingerprint density at radius 3 is 2.56 bits per heavy atom. The van der Waals surface area contributed by atoms with E-state index in [-0.39, 0.29) is 18.4 Å². The molecule has 0 aromatic carbocycles. The van der Waals surface area contributed by atoms with Crippen LogP contribution in [0.3, 0.4) is 0 Å². The zero-order chi connectivity index (χ0) is 12.3. The normalized spacial score (nSPS) is 22.1. The van der Waals surface area contributed by atoms with E-state index in [0.29, 0.717) is 19.5 Å². The smallest absolute Gasteiger partial charge is 0.317 e. The van der Waals surface area contributed by atoms with Crippen LogP contribution in [0.4, 0.5) is 0 Å². The molecule has 0 amide bonds. The van der Waals surface area contributed by atoms with E-state index in [9.17, 15) is 9.59 Å². The number of carbonyl (C=O) groups is 2. The molecule has 0 radical (unpaired) electrons. The summed E-state index contributed by atoms with van der Waals surface area (Å²) in [6, 6.07) is 0. The molecule has 1 aliphatic rings. The summed E-state index contributed by atoms with van der Waals surface area (Å²) in [4.78, 5) is 24.0. The molecule has 5 heteroatoms. The van der Waals surface area contributed by atoms with Gasteiger partial charge in [-0.3, -0.25) is 14.5 Å². The highest BCUT2D eigenvalue weighted by atomic mass is 16.6. The van der Waals surface area contributed by atoms with Gasteiger partial charge in [0, 0.05) is 6.54 Å². The Labute approximate surface area is 95.4 Å². The number of hydrogen-bond acceptors (Lipinski definition) is 4. The maximum atomic E-state index is 11.7. The maximum Gasteiger partial charge on any atom is 0.317 e. The fraction of sp³-hybridized carbons (Fsp3) is 0.818. The van der Waals surface area contributed by atoms with Gasteiger partial charge in [0.1, 0.15) is 5.60 Å². The van der Waals surface area contributed by atoms with Crippen LogP contribution >= 0.6 is 0 Å². The Bertz CT molecular complexity index is 282. The zero-order valence-corrected chi connectivity index (χ0v) is 10.0. The molecule has 1 rings (SSSR count). The maximum absolute atomic E-state index is 11.7. The molecule has 0 saturated carbocycles. The molecule has 0 bridgehead atoms. The topological polar surface area (TPSA) is 66.8 Å². The Hall–Kier alpha value is -1.10. The van der Waals surface area contributed by atoms with Crippen molar-refractivity contribution in [2.75, 3.05) is 19.6 Å². The van der Waals surface area contributed by atoms with Crippen LogP contribution in [0.25, 0.3) is 0 Å². The lowest BCUT2D eigenvalue weighted by Gasteiger charge is -2.22. The highest BCUT2D eigenvalue weighted by Gasteiger charge is 2.32. The Kier molecular flexibility index (Phi) is 3.91. The summed E-state index contributed by atoms with van der Waals surface area (Å²) in [5.41, 5.74) is -0.475. The largest absolute Gasteiger partial charge is 0.480 e. The van der Waals surface area contributed by atoms with Crippen molar-refractivity contribution in [3.63, 3.8) is 0 Å². The third kappa shape index (κ3) is 4.18. The highest BCUT2D eigenvalue weighted by Crippen LogP contribution is 2.20. The Balaban J connectivity index is 2.41. The summed E-state index contributed by atoms with van der Waals surface area (Å²) in [6.45, 7) is 6.62. The molecular formula is C11H19NO4. The van der Waals surface area contributed by atoms with Gasteiger partial charge in [0.2, 0.25) is 0 Å². The van der Waals surface area contributed by atoms with Gasteiger partial charge in [-0.1, -0.05) is 0 Å². The molecule has 1 atom stereocenters. The number of carbonyl (C=O) groups excluding carboxylic acids is 1. The quantitative estimate of drug-likeness (QED) is 0.723. The van der Waals surface area contributed by atoms with Crippen molar-refractivity contribution in [2.24, 2.45) is 5.92 Å². The summed E-state index contributed by atoms with van der Waals surface area (Å²) >= 11 is 0. The van der Waals surface area contributed by atoms with Crippen LogP contribution in [0.1, 0.15) is 27.2 Å². The van der Waals surface area contributed by atoms with Gasteiger partial charge in [-0.25, -0.2) is 0 Å². The molecule has 1 unspecified atom stereocenters. The van der Waals surface area contributed by atoms with E-state index in [4.69, 9.17) is 9.84 Å². The standard InChI is InChI=1S/C11H19NO4/c1-11(2,3)16-10(15)8-4-5-12(6-8)7-9(13)14/h8H,4-7H2,1-3H3,(H,13,14). The molecule has 1 saturated heterocycles. The minimum Gasteiger partial charge on any atom is -0.480 e. The van der Waals surface area contributed by atoms with Crippen molar-refractivity contribution in [3.05, 3.63) is 0 Å². The number of rotatable bonds is 3. The fourth-order valence-corrected chi connectivity index (χ4v) is 1.75. The van der Waals surface area contributed by atoms with Crippen LogP contribution in [0.15, 0.2) is 0 Å². The van der Waals surface area contributed by atoms with Gasteiger partial charge >= 0.3 is 11.9 Å². The molecule has 1 heterocycles. The van der Waals surface area contributed by atoms with E-state index < -0.39 is 11.6 Å². The Morgan fingerprint density at radius 2 is 2.06 bits per heavy atom. The summed E-state index contributed by atoms with van der Waals surface area (Å²) in [7, 11) is 0. The monoisotopic (exact) mass is 229 g/mol. The first kappa shape index (κ1) is 13.0. The molecule has 0 aliphatic carbocycles. The van der Waals surface area contributed by atoms with E-state index in [1.165, 1.54) is 0 Å². The minimum atomic E-state index is -0.857. The van der Waals surface area contributed by atoms with Crippen LogP contribution in [0.5, 0.6) is 0 Å². The van der Waals surface area contributed by atoms with Crippen molar-refractivity contribution in [1.82, 2.24) is 4.90 Å². The number of aliphatic carboxylic acids is 1. The number of carboxylic acids is 1. The van der Waals surface area contributed by atoms with Crippen LogP contribution in [0, 0.1) is 5.92 Å². The first-order valence-corrected chi connectivity index (χ1v) is 5.45. The summed E-state index contributed by atoms with van der Waals surface area (Å²) in [6.07, 6.45) is 0.683. The van der Waals surface area contributed by atoms with Gasteiger partial charge in [0.05, 0.1) is 12.5 Å². The molecule has 1 aliphatic heterocycles. The molecule has 1 N–H and O–H groups in total. The SMILES string of the molecule is CC(C)(C)OC(=O)C1CCN(CC(=O)O)C1. The number of nitrogens with zero attached hydrogens (tertiary/aromatic N) is 1. The van der Waals surface area contributed by atoms with Gasteiger partial charge < -0.3 is 9.84 Å². The highest BCUT2D eigenvalue weighted by molar-refractivity contribution is 5.74. The van der Waals surface area contributed by atoms with Crippen LogP contribution in [-0.2, 0) is 14.3 Å². The van der Waals surface area contributed by atoms with Crippen LogP contribution in [-0.4, -0.2) is 47.2 Å². The molecular weight excluding hydrogens is 210 g/mol. The molecule has 92 valence electrons. The predicted octanol–water partition coefficient (Wildman–Crippen LogP) is 0.735. The molecule has 16 heavy (non-hydrogen) atoms. The van der Waals surface area contributed by atoms with Gasteiger partial charge in [0.25, 0.3) is 0 Å². The second-order valence-corrected chi connectivity index (χ2v) is 5.15. The first-order chi connectivity index (χ1) is 7.28. The van der Waals surface area contributed by atoms with Crippen LogP contribution < -0.4 is 0 Å². The molecule has 0 aromatic rings. The number of likely N-dealkylation sites (tertiary alicyclic amines) is 1. The van der Waals surface area contributed by atoms with Gasteiger partial charge in [0.15, 0.2) is 0 Å². The number of ether oxygens (including phenoxy) is 1. The average molecular weight is 229 g/mol. The first-order valence-electron chi connectivity index (χ1n) is 5.45. The number of hydrogen-bond donors (Lipinski definition) is 1. The lowest BCUT2D eigenvalue weighted by molar-refractivity contribution is -0.159. The van der Waals surface area contributed by atoms with Crippen molar-refractivity contribution in [3.8, 4) is 0 Å². The van der Waals surface area contributed by atoms with E-state index in [0.717, 1.165) is 0 Å². The summed E-state index contributed by atoms with van der Waals surface area (Å²) in [5.74, 6) is -1.26. The fourth-order valence-electron chi connectivity index (χ4n) is 1.75. The lowest BCUT2D eigenvalue weighted by atomic mass is 10.1. The van der Waals surface area contributed by atoms with Crippen molar-refractivity contribution >= 4 is 11.9 Å². The van der Waals surface area contributed by atoms with Gasteiger partial charge in [-0.15, -0.1) is 0 Å². The average Bonchev–Trinajstić information content (AvgIpc) is 2.48. The zero-order valence-electron chi connectivity index (χ0n) is 10.0. The van der Waals surface area contributed by atoms with Crippen LogP contribution in [0.2, 0.25) is 0 Å². The molecule has 1 fully saturated rings. The van der Waals surface area contributed by atoms with Crippen molar-refractivity contribution < 1.29 is 19.4 Å². The lowest BCUT2D eigenvalue weighted by Crippen LogP contribution is -2.32. The van der Waals surface area contributed by atoms with Crippen molar-refractivity contribution in [2.45, 2.75) is 32.8 Å². The third-order valence-electron chi connectivity index (χ3n) is 2.37. The Morgan fingerprint density at radius 1 is 1.44 bits per heavy atom. The van der Waals surface area contributed by atoms with E-state index in [1.54, 1.807) is 4.90 Å². The number of carboxylic acid groups (broad SMARTS) is 1. The molecule has 0 spiro atoms. The van der Waals surface area contributed by atoms with Gasteiger partial charge in [-0.2, -0.15) is 0 Å². The molecule has 5 nitrogen and oxygen atoms in total. The predicted molar refractivity (Wildman–Crippen MR) is 58.0 cm³/mol. The minimum absolute atomic E-state index is 0.000697. The van der Waals surface area contributed by atoms with E-state index in [2.05, 4.69) is 0 Å².